The van der Waals surface area contributed by atoms with Crippen molar-refractivity contribution in [3.8, 4) is 5.75 Å². The first-order valence-electron chi connectivity index (χ1n) is 10.7. The molecule has 3 fully saturated rings. The SMILES string of the molecule is CC1CN([C@H]2CCC[C@@H]2Oc2ccc3c(c2)CN(C2CCC(=O)NC2=O)C3=O)C1. The Morgan fingerprint density at radius 3 is 2.69 bits per heavy atom. The van der Waals surface area contributed by atoms with Crippen LogP contribution in [-0.4, -0.2) is 58.8 Å². The third-order valence-corrected chi connectivity index (χ3v) is 6.76. The number of benzene rings is 1. The molecule has 3 heterocycles. The number of carbonyl (C=O) groups excluding carboxylic acids is 3. The van der Waals surface area contributed by atoms with Gasteiger partial charge in [-0.05, 0) is 55.4 Å². The minimum absolute atomic E-state index is 0.144. The smallest absolute Gasteiger partial charge is 0.255 e. The number of hydrogen-bond acceptors (Lipinski definition) is 5. The zero-order valence-electron chi connectivity index (χ0n) is 16.7. The standard InChI is InChI=1S/C22H27N3O4/c1-13-10-24(11-13)17-3-2-4-19(17)29-15-5-6-16-14(9-15)12-25(22(16)28)18-7-8-20(26)23-21(18)27/h5-6,9,13,17-19H,2-4,7-8,10-12H2,1H3,(H,23,26,27)/t17-,18?,19-/m0/s1. The molecule has 3 atom stereocenters. The van der Waals surface area contributed by atoms with E-state index in [0.29, 0.717) is 24.6 Å². The van der Waals surface area contributed by atoms with Crippen LogP contribution in [0.4, 0.5) is 0 Å². The number of piperidine rings is 1. The summed E-state index contributed by atoms with van der Waals surface area (Å²) in [5, 5.41) is 2.34. The summed E-state index contributed by atoms with van der Waals surface area (Å²) in [6, 6.07) is 5.55. The fraction of sp³-hybridized carbons (Fsp3) is 0.591. The highest BCUT2D eigenvalue weighted by molar-refractivity contribution is 6.05. The topological polar surface area (TPSA) is 79.0 Å². The fourth-order valence-corrected chi connectivity index (χ4v) is 5.28. The van der Waals surface area contributed by atoms with Crippen molar-refractivity contribution in [2.24, 2.45) is 5.92 Å². The third kappa shape index (κ3) is 3.31. The first-order chi connectivity index (χ1) is 14.0. The maximum Gasteiger partial charge on any atom is 0.255 e. The lowest BCUT2D eigenvalue weighted by Crippen LogP contribution is -2.54. The van der Waals surface area contributed by atoms with Crippen LogP contribution in [0.3, 0.4) is 0 Å². The molecule has 1 N–H and O–H groups in total. The van der Waals surface area contributed by atoms with Gasteiger partial charge in [-0.1, -0.05) is 6.92 Å². The lowest BCUT2D eigenvalue weighted by atomic mass is 9.98. The van der Waals surface area contributed by atoms with Gasteiger partial charge in [-0.15, -0.1) is 0 Å². The molecule has 7 heteroatoms. The van der Waals surface area contributed by atoms with Crippen LogP contribution in [0.5, 0.6) is 5.75 Å². The molecule has 1 aromatic rings. The largest absolute Gasteiger partial charge is 0.489 e. The second kappa shape index (κ2) is 7.13. The molecule has 154 valence electrons. The van der Waals surface area contributed by atoms with Gasteiger partial charge in [-0.25, -0.2) is 0 Å². The van der Waals surface area contributed by atoms with Crippen LogP contribution in [0.25, 0.3) is 0 Å². The van der Waals surface area contributed by atoms with Crippen molar-refractivity contribution in [3.05, 3.63) is 29.3 Å². The minimum atomic E-state index is -0.579. The average Bonchev–Trinajstić information content (AvgIpc) is 3.24. The summed E-state index contributed by atoms with van der Waals surface area (Å²) in [5.74, 6) is 0.785. The number of ether oxygens (including phenoxy) is 1. The van der Waals surface area contributed by atoms with E-state index < -0.39 is 6.04 Å². The van der Waals surface area contributed by atoms with E-state index >= 15 is 0 Å². The Kier molecular flexibility index (Phi) is 4.57. The van der Waals surface area contributed by atoms with E-state index in [-0.39, 0.29) is 30.2 Å². The Balaban J connectivity index is 1.29. The van der Waals surface area contributed by atoms with Crippen LogP contribution in [-0.2, 0) is 16.1 Å². The van der Waals surface area contributed by atoms with Crippen molar-refractivity contribution >= 4 is 17.7 Å². The molecule has 0 bridgehead atoms. The van der Waals surface area contributed by atoms with E-state index in [1.807, 2.05) is 18.2 Å². The van der Waals surface area contributed by atoms with Crippen molar-refractivity contribution in [2.75, 3.05) is 13.1 Å². The van der Waals surface area contributed by atoms with Crippen LogP contribution in [0.15, 0.2) is 18.2 Å². The van der Waals surface area contributed by atoms with Crippen LogP contribution in [0.2, 0.25) is 0 Å². The quantitative estimate of drug-likeness (QED) is 0.783. The number of amides is 3. The Morgan fingerprint density at radius 1 is 1.10 bits per heavy atom. The average molecular weight is 397 g/mol. The number of hydrogen-bond donors (Lipinski definition) is 1. The highest BCUT2D eigenvalue weighted by atomic mass is 16.5. The highest BCUT2D eigenvalue weighted by Gasteiger charge is 2.40. The maximum atomic E-state index is 12.8. The van der Waals surface area contributed by atoms with Gasteiger partial charge >= 0.3 is 0 Å². The molecule has 1 unspecified atom stereocenters. The number of imide groups is 1. The summed E-state index contributed by atoms with van der Waals surface area (Å²) < 4.78 is 6.36. The molecule has 1 aromatic carbocycles. The Hall–Kier alpha value is -2.41. The first kappa shape index (κ1) is 18.6. The van der Waals surface area contributed by atoms with Crippen LogP contribution >= 0.6 is 0 Å². The summed E-state index contributed by atoms with van der Waals surface area (Å²) in [4.78, 5) is 40.5. The highest BCUT2D eigenvalue weighted by Crippen LogP contribution is 2.35. The van der Waals surface area contributed by atoms with Gasteiger partial charge in [-0.3, -0.25) is 24.6 Å². The van der Waals surface area contributed by atoms with E-state index in [9.17, 15) is 14.4 Å². The second-order valence-electron chi connectivity index (χ2n) is 8.93. The lowest BCUT2D eigenvalue weighted by molar-refractivity contribution is -0.136. The fourth-order valence-electron chi connectivity index (χ4n) is 5.28. The summed E-state index contributed by atoms with van der Waals surface area (Å²) in [6.07, 6.45) is 4.28. The summed E-state index contributed by atoms with van der Waals surface area (Å²) in [5.41, 5.74) is 1.52. The molecule has 5 rings (SSSR count). The van der Waals surface area contributed by atoms with Crippen molar-refractivity contribution in [3.63, 3.8) is 0 Å². The zero-order chi connectivity index (χ0) is 20.1. The van der Waals surface area contributed by atoms with Crippen molar-refractivity contribution in [2.45, 2.75) is 63.8 Å². The molecular weight excluding hydrogens is 370 g/mol. The van der Waals surface area contributed by atoms with Gasteiger partial charge in [0.15, 0.2) is 0 Å². The van der Waals surface area contributed by atoms with Crippen molar-refractivity contribution < 1.29 is 19.1 Å². The summed E-state index contributed by atoms with van der Waals surface area (Å²) in [7, 11) is 0. The number of fused-ring (bicyclic) bond motifs is 1. The van der Waals surface area contributed by atoms with E-state index in [1.54, 1.807) is 4.90 Å². The number of carbonyl (C=O) groups is 3. The first-order valence-corrected chi connectivity index (χ1v) is 10.7. The van der Waals surface area contributed by atoms with Crippen LogP contribution in [0.1, 0.15) is 54.9 Å². The van der Waals surface area contributed by atoms with Crippen LogP contribution in [0, 0.1) is 5.92 Å². The van der Waals surface area contributed by atoms with E-state index in [1.165, 1.54) is 12.8 Å². The van der Waals surface area contributed by atoms with Gasteiger partial charge in [-0.2, -0.15) is 0 Å². The molecule has 0 aromatic heterocycles. The van der Waals surface area contributed by atoms with Gasteiger partial charge in [0.25, 0.3) is 5.91 Å². The van der Waals surface area contributed by atoms with Crippen molar-refractivity contribution in [1.29, 1.82) is 0 Å². The third-order valence-electron chi connectivity index (χ3n) is 6.76. The monoisotopic (exact) mass is 397 g/mol. The molecule has 0 spiro atoms. The predicted molar refractivity (Wildman–Crippen MR) is 105 cm³/mol. The van der Waals surface area contributed by atoms with Crippen molar-refractivity contribution in [1.82, 2.24) is 15.1 Å². The number of nitrogens with one attached hydrogen (secondary N) is 1. The zero-order valence-corrected chi connectivity index (χ0v) is 16.7. The van der Waals surface area contributed by atoms with E-state index in [4.69, 9.17) is 4.74 Å². The molecule has 29 heavy (non-hydrogen) atoms. The molecule has 1 saturated carbocycles. The second-order valence-corrected chi connectivity index (χ2v) is 8.93. The maximum absolute atomic E-state index is 12.8. The molecule has 3 amide bonds. The Bertz CT molecular complexity index is 864. The molecule has 2 saturated heterocycles. The van der Waals surface area contributed by atoms with Gasteiger partial charge in [0, 0.05) is 37.7 Å². The normalized spacial score (nSPS) is 30.3. The van der Waals surface area contributed by atoms with Crippen LogP contribution < -0.4 is 10.1 Å². The molecule has 3 aliphatic heterocycles. The molecule has 0 radical (unpaired) electrons. The number of rotatable bonds is 4. The van der Waals surface area contributed by atoms with Gasteiger partial charge in [0.2, 0.25) is 11.8 Å². The summed E-state index contributed by atoms with van der Waals surface area (Å²) >= 11 is 0. The lowest BCUT2D eigenvalue weighted by Gasteiger charge is -2.43. The molecule has 1 aliphatic carbocycles. The Labute approximate surface area is 170 Å². The molecular formula is C22H27N3O4. The van der Waals surface area contributed by atoms with Gasteiger partial charge < -0.3 is 9.64 Å². The Morgan fingerprint density at radius 2 is 1.93 bits per heavy atom. The molecule has 4 aliphatic rings. The van der Waals surface area contributed by atoms with Gasteiger partial charge in [0.05, 0.1) is 0 Å². The minimum Gasteiger partial charge on any atom is -0.489 e. The number of nitrogens with zero attached hydrogens (tertiary/aromatic N) is 2. The van der Waals surface area contributed by atoms with E-state index in [0.717, 1.165) is 36.7 Å². The predicted octanol–water partition coefficient (Wildman–Crippen LogP) is 1.70. The number of likely N-dealkylation sites (tertiary alicyclic amines) is 1. The van der Waals surface area contributed by atoms with E-state index in [2.05, 4.69) is 17.1 Å². The summed E-state index contributed by atoms with van der Waals surface area (Å²) in [6.45, 7) is 4.98. The van der Waals surface area contributed by atoms with Gasteiger partial charge in [0.1, 0.15) is 17.9 Å². The molecule has 7 nitrogen and oxygen atoms in total.